The maximum atomic E-state index is 11.6. The number of fused-ring (bicyclic) bond motifs is 1. The molecule has 0 aliphatic carbocycles. The van der Waals surface area contributed by atoms with Crippen LogP contribution >= 0.6 is 0 Å². The number of benzene rings is 2. The van der Waals surface area contributed by atoms with Crippen LogP contribution in [0.1, 0.15) is 27.2 Å². The molecule has 8 heteroatoms. The van der Waals surface area contributed by atoms with Crippen LogP contribution < -0.4 is 20.9 Å². The first kappa shape index (κ1) is 22.2. The lowest BCUT2D eigenvalue weighted by Crippen LogP contribution is -2.44. The fraction of sp³-hybridized carbons (Fsp3) is 0.346. The number of rotatable bonds is 5. The highest BCUT2D eigenvalue weighted by Crippen LogP contribution is 2.28. The lowest BCUT2D eigenvalue weighted by atomic mass is 10.0. The van der Waals surface area contributed by atoms with Crippen LogP contribution in [-0.4, -0.2) is 60.5 Å². The van der Waals surface area contributed by atoms with Crippen LogP contribution in [0.4, 0.5) is 23.0 Å². The van der Waals surface area contributed by atoms with Gasteiger partial charge < -0.3 is 25.8 Å². The van der Waals surface area contributed by atoms with E-state index in [9.17, 15) is 4.79 Å². The normalized spacial score (nSPS) is 16.3. The van der Waals surface area contributed by atoms with Crippen molar-refractivity contribution in [2.24, 2.45) is 5.73 Å². The molecule has 2 aliphatic rings. The standard InChI is InChI=1S/C26H31N7O/c1-18-3-4-19(25(27)34)15-24(18)33-10-9-23-20(17-33)16-28-26(30-23)29-21-5-7-22(8-6-21)32-13-11-31(2)12-14-32/h3-8,15-16H,9-14,17H2,1-2H3,(H2,27,34)(H,28,29,30). The zero-order valence-electron chi connectivity index (χ0n) is 19.8. The number of aryl methyl sites for hydroxylation is 1. The Bertz CT molecular complexity index is 1190. The number of carbonyl (C=O) groups excluding carboxylic acids is 1. The van der Waals surface area contributed by atoms with Gasteiger partial charge in [-0.15, -0.1) is 0 Å². The summed E-state index contributed by atoms with van der Waals surface area (Å²) in [4.78, 5) is 28.0. The number of primary amides is 1. The minimum absolute atomic E-state index is 0.408. The molecule has 0 radical (unpaired) electrons. The predicted molar refractivity (Wildman–Crippen MR) is 136 cm³/mol. The molecule has 8 nitrogen and oxygen atoms in total. The van der Waals surface area contributed by atoms with Gasteiger partial charge in [0.05, 0.1) is 5.69 Å². The van der Waals surface area contributed by atoms with Crippen LogP contribution in [0.5, 0.6) is 0 Å². The number of nitrogens with zero attached hydrogens (tertiary/aromatic N) is 5. The Morgan fingerprint density at radius 3 is 2.50 bits per heavy atom. The smallest absolute Gasteiger partial charge is 0.248 e. The zero-order chi connectivity index (χ0) is 23.7. The summed E-state index contributed by atoms with van der Waals surface area (Å²) in [6.07, 6.45) is 2.72. The third kappa shape index (κ3) is 4.68. The van der Waals surface area contributed by atoms with Crippen LogP contribution in [0.25, 0.3) is 0 Å². The number of aromatic nitrogens is 2. The highest BCUT2D eigenvalue weighted by molar-refractivity contribution is 5.94. The predicted octanol–water partition coefficient (Wildman–Crippen LogP) is 2.94. The number of nitrogens with one attached hydrogen (secondary N) is 1. The fourth-order valence-electron chi connectivity index (χ4n) is 4.63. The molecular formula is C26H31N7O. The van der Waals surface area contributed by atoms with Gasteiger partial charge in [0.2, 0.25) is 11.9 Å². The molecule has 1 amide bonds. The molecule has 34 heavy (non-hydrogen) atoms. The van der Waals surface area contributed by atoms with Crippen molar-refractivity contribution >= 4 is 28.9 Å². The van der Waals surface area contributed by atoms with Crippen LogP contribution in [0.2, 0.25) is 0 Å². The van der Waals surface area contributed by atoms with Gasteiger partial charge in [0.25, 0.3) is 0 Å². The second kappa shape index (κ2) is 9.30. The van der Waals surface area contributed by atoms with Gasteiger partial charge in [-0.2, -0.15) is 0 Å². The molecule has 0 atom stereocenters. The van der Waals surface area contributed by atoms with Crippen LogP contribution in [-0.2, 0) is 13.0 Å². The Kier molecular flexibility index (Phi) is 6.06. The van der Waals surface area contributed by atoms with Crippen molar-refractivity contribution in [2.75, 3.05) is 54.9 Å². The minimum Gasteiger partial charge on any atom is -0.369 e. The summed E-state index contributed by atoms with van der Waals surface area (Å²) < 4.78 is 0. The molecule has 1 fully saturated rings. The molecule has 2 aromatic carbocycles. The molecular weight excluding hydrogens is 426 g/mol. The van der Waals surface area contributed by atoms with Gasteiger partial charge in [-0.25, -0.2) is 9.97 Å². The Hall–Kier alpha value is -3.65. The zero-order valence-corrected chi connectivity index (χ0v) is 19.8. The summed E-state index contributed by atoms with van der Waals surface area (Å²) in [7, 11) is 2.17. The Morgan fingerprint density at radius 2 is 1.76 bits per heavy atom. The van der Waals surface area contributed by atoms with E-state index in [0.717, 1.165) is 67.3 Å². The van der Waals surface area contributed by atoms with Crippen molar-refractivity contribution in [1.82, 2.24) is 14.9 Å². The van der Waals surface area contributed by atoms with E-state index in [2.05, 4.69) is 56.3 Å². The molecule has 176 valence electrons. The molecule has 5 rings (SSSR count). The van der Waals surface area contributed by atoms with Gasteiger partial charge in [-0.1, -0.05) is 6.07 Å². The van der Waals surface area contributed by atoms with Crippen molar-refractivity contribution in [3.8, 4) is 0 Å². The molecule has 0 bridgehead atoms. The molecule has 3 heterocycles. The summed E-state index contributed by atoms with van der Waals surface area (Å²) in [5, 5.41) is 3.35. The van der Waals surface area contributed by atoms with Crippen molar-refractivity contribution in [2.45, 2.75) is 19.9 Å². The van der Waals surface area contributed by atoms with Gasteiger partial charge in [0, 0.05) is 80.1 Å². The van der Waals surface area contributed by atoms with Crippen LogP contribution in [0.3, 0.4) is 0 Å². The van der Waals surface area contributed by atoms with Crippen molar-refractivity contribution in [3.63, 3.8) is 0 Å². The third-order valence-electron chi connectivity index (χ3n) is 6.76. The second-order valence-corrected chi connectivity index (χ2v) is 9.16. The van der Waals surface area contributed by atoms with E-state index in [-0.39, 0.29) is 0 Å². The maximum Gasteiger partial charge on any atom is 0.248 e. The minimum atomic E-state index is -0.408. The average Bonchev–Trinajstić information content (AvgIpc) is 2.85. The summed E-state index contributed by atoms with van der Waals surface area (Å²) >= 11 is 0. The largest absolute Gasteiger partial charge is 0.369 e. The highest BCUT2D eigenvalue weighted by Gasteiger charge is 2.21. The number of piperazine rings is 1. The van der Waals surface area contributed by atoms with Gasteiger partial charge >= 0.3 is 0 Å². The Labute approximate surface area is 200 Å². The monoisotopic (exact) mass is 457 g/mol. The molecule has 0 saturated carbocycles. The Morgan fingerprint density at radius 1 is 1.00 bits per heavy atom. The topological polar surface area (TPSA) is 90.6 Å². The van der Waals surface area contributed by atoms with E-state index in [0.29, 0.717) is 18.1 Å². The average molecular weight is 458 g/mol. The number of anilines is 4. The first-order valence-electron chi connectivity index (χ1n) is 11.8. The molecule has 0 spiro atoms. The van der Waals surface area contributed by atoms with E-state index in [1.54, 1.807) is 6.07 Å². The number of hydrogen-bond acceptors (Lipinski definition) is 7. The van der Waals surface area contributed by atoms with Crippen molar-refractivity contribution in [3.05, 3.63) is 71.0 Å². The van der Waals surface area contributed by atoms with E-state index in [4.69, 9.17) is 10.7 Å². The van der Waals surface area contributed by atoms with E-state index in [1.807, 2.05) is 25.3 Å². The first-order chi connectivity index (χ1) is 16.5. The molecule has 0 unspecified atom stereocenters. The SMILES string of the molecule is Cc1ccc(C(N)=O)cc1N1CCc2nc(Nc3ccc(N4CCN(C)CC4)cc3)ncc2C1. The summed E-state index contributed by atoms with van der Waals surface area (Å²) in [6, 6.07) is 14.1. The first-order valence-corrected chi connectivity index (χ1v) is 11.8. The second-order valence-electron chi connectivity index (χ2n) is 9.16. The maximum absolute atomic E-state index is 11.6. The molecule has 1 saturated heterocycles. The summed E-state index contributed by atoms with van der Waals surface area (Å²) in [5.41, 5.74) is 12.6. The Balaban J connectivity index is 1.26. The summed E-state index contributed by atoms with van der Waals surface area (Å²) in [5.74, 6) is 0.209. The number of nitrogens with two attached hydrogens (primary N) is 1. The van der Waals surface area contributed by atoms with Gasteiger partial charge in [-0.3, -0.25) is 4.79 Å². The lowest BCUT2D eigenvalue weighted by molar-refractivity contribution is 0.100. The van der Waals surface area contributed by atoms with E-state index < -0.39 is 5.91 Å². The van der Waals surface area contributed by atoms with Crippen molar-refractivity contribution in [1.29, 1.82) is 0 Å². The van der Waals surface area contributed by atoms with E-state index in [1.165, 1.54) is 5.69 Å². The van der Waals surface area contributed by atoms with Crippen LogP contribution in [0, 0.1) is 6.92 Å². The number of carbonyl (C=O) groups is 1. The van der Waals surface area contributed by atoms with Gasteiger partial charge in [0.15, 0.2) is 0 Å². The number of amides is 1. The van der Waals surface area contributed by atoms with Gasteiger partial charge in [-0.05, 0) is 55.9 Å². The van der Waals surface area contributed by atoms with Crippen LogP contribution in [0.15, 0.2) is 48.7 Å². The molecule has 2 aliphatic heterocycles. The van der Waals surface area contributed by atoms with Crippen molar-refractivity contribution < 1.29 is 4.79 Å². The number of likely N-dealkylation sites (N-methyl/N-ethyl adjacent to an activating group) is 1. The quantitative estimate of drug-likeness (QED) is 0.609. The molecule has 3 N–H and O–H groups in total. The number of hydrogen-bond donors (Lipinski definition) is 2. The fourth-order valence-corrected chi connectivity index (χ4v) is 4.63. The molecule has 1 aromatic heterocycles. The molecule has 3 aromatic rings. The van der Waals surface area contributed by atoms with Gasteiger partial charge in [0.1, 0.15) is 0 Å². The highest BCUT2D eigenvalue weighted by atomic mass is 16.1. The lowest BCUT2D eigenvalue weighted by Gasteiger charge is -2.34. The van der Waals surface area contributed by atoms with E-state index >= 15 is 0 Å². The third-order valence-corrected chi connectivity index (χ3v) is 6.76. The summed E-state index contributed by atoms with van der Waals surface area (Å²) in [6.45, 7) is 7.88.